The van der Waals surface area contributed by atoms with Crippen molar-refractivity contribution in [3.63, 3.8) is 0 Å². The van der Waals surface area contributed by atoms with Gasteiger partial charge in [-0.25, -0.2) is 4.79 Å². The first-order valence-corrected chi connectivity index (χ1v) is 13.5. The molecule has 1 saturated heterocycles. The summed E-state index contributed by atoms with van der Waals surface area (Å²) in [5.41, 5.74) is 2.17. The monoisotopic (exact) mass is 547 g/mol. The SMILES string of the molecule is CCCCCOc1cc(N2CCCN(Cc3ccc(C(O)CNC(=O)CCl)cc3OC)C2=O)ccc1OC. The van der Waals surface area contributed by atoms with Crippen LogP contribution in [0, 0.1) is 0 Å². The molecule has 3 rings (SSSR count). The highest BCUT2D eigenvalue weighted by Crippen LogP contribution is 2.34. The number of rotatable bonds is 14. The summed E-state index contributed by atoms with van der Waals surface area (Å²) in [7, 11) is 3.16. The van der Waals surface area contributed by atoms with E-state index in [1.165, 1.54) is 0 Å². The third kappa shape index (κ3) is 7.68. The van der Waals surface area contributed by atoms with Gasteiger partial charge in [-0.3, -0.25) is 9.69 Å². The molecule has 10 heteroatoms. The number of benzene rings is 2. The molecule has 2 aromatic rings. The van der Waals surface area contributed by atoms with Gasteiger partial charge in [0.1, 0.15) is 11.6 Å². The molecular formula is C28H38ClN3O6. The van der Waals surface area contributed by atoms with E-state index in [0.29, 0.717) is 49.1 Å². The number of aliphatic hydroxyl groups is 1. The molecule has 0 aromatic heterocycles. The highest BCUT2D eigenvalue weighted by molar-refractivity contribution is 6.27. The van der Waals surface area contributed by atoms with Gasteiger partial charge in [0.15, 0.2) is 11.5 Å². The van der Waals surface area contributed by atoms with Crippen LogP contribution < -0.4 is 24.4 Å². The predicted octanol–water partition coefficient (Wildman–Crippen LogP) is 4.49. The third-order valence-corrected chi connectivity index (χ3v) is 6.69. The number of amides is 3. The van der Waals surface area contributed by atoms with Crippen LogP contribution in [0.3, 0.4) is 0 Å². The number of alkyl halides is 1. The van der Waals surface area contributed by atoms with Gasteiger partial charge in [0, 0.05) is 37.0 Å². The zero-order valence-corrected chi connectivity index (χ0v) is 23.1. The van der Waals surface area contributed by atoms with Gasteiger partial charge in [-0.1, -0.05) is 31.9 Å². The molecule has 2 aromatic carbocycles. The fourth-order valence-corrected chi connectivity index (χ4v) is 4.42. The Morgan fingerprint density at radius 1 is 1.08 bits per heavy atom. The van der Waals surface area contributed by atoms with E-state index in [0.717, 1.165) is 36.9 Å². The first-order chi connectivity index (χ1) is 18.4. The predicted molar refractivity (Wildman–Crippen MR) is 147 cm³/mol. The van der Waals surface area contributed by atoms with Gasteiger partial charge < -0.3 is 29.5 Å². The number of methoxy groups -OCH3 is 2. The van der Waals surface area contributed by atoms with E-state index in [-0.39, 0.29) is 24.4 Å². The number of aliphatic hydroxyl groups excluding tert-OH is 1. The van der Waals surface area contributed by atoms with Crippen LogP contribution in [0.5, 0.6) is 17.2 Å². The first kappa shape index (κ1) is 29.4. The smallest absolute Gasteiger partial charge is 0.324 e. The van der Waals surface area contributed by atoms with E-state index in [1.807, 2.05) is 24.3 Å². The molecule has 1 heterocycles. The summed E-state index contributed by atoms with van der Waals surface area (Å²) < 4.78 is 17.0. The fraction of sp³-hybridized carbons (Fsp3) is 0.500. The van der Waals surface area contributed by atoms with E-state index in [4.69, 9.17) is 25.8 Å². The average Bonchev–Trinajstić information content (AvgIpc) is 2.95. The van der Waals surface area contributed by atoms with Crippen molar-refractivity contribution in [3.8, 4) is 17.2 Å². The van der Waals surface area contributed by atoms with Crippen LogP contribution in [-0.4, -0.2) is 68.3 Å². The highest BCUT2D eigenvalue weighted by Gasteiger charge is 2.28. The molecule has 38 heavy (non-hydrogen) atoms. The number of hydrogen-bond donors (Lipinski definition) is 2. The molecule has 3 amide bonds. The van der Waals surface area contributed by atoms with Crippen LogP contribution >= 0.6 is 11.6 Å². The summed E-state index contributed by atoms with van der Waals surface area (Å²) in [4.78, 5) is 28.4. The number of anilines is 1. The lowest BCUT2D eigenvalue weighted by atomic mass is 10.0. The molecule has 2 N–H and O–H groups in total. The minimum Gasteiger partial charge on any atom is -0.496 e. The Morgan fingerprint density at radius 2 is 1.87 bits per heavy atom. The second-order valence-electron chi connectivity index (χ2n) is 9.12. The second-order valence-corrected chi connectivity index (χ2v) is 9.39. The topological polar surface area (TPSA) is 101 Å². The van der Waals surface area contributed by atoms with Crippen molar-refractivity contribution >= 4 is 29.2 Å². The van der Waals surface area contributed by atoms with E-state index < -0.39 is 6.10 Å². The normalized spacial score (nSPS) is 14.3. The van der Waals surface area contributed by atoms with Gasteiger partial charge in [-0.05, 0) is 36.6 Å². The van der Waals surface area contributed by atoms with Gasteiger partial charge in [-0.15, -0.1) is 11.6 Å². The number of unbranched alkanes of at least 4 members (excludes halogenated alkanes) is 2. The fourth-order valence-electron chi connectivity index (χ4n) is 4.33. The number of carbonyl (C=O) groups excluding carboxylic acids is 2. The van der Waals surface area contributed by atoms with Gasteiger partial charge in [0.25, 0.3) is 0 Å². The summed E-state index contributed by atoms with van der Waals surface area (Å²) in [6.45, 7) is 4.36. The lowest BCUT2D eigenvalue weighted by molar-refractivity contribution is -0.119. The van der Waals surface area contributed by atoms with Crippen LogP contribution in [-0.2, 0) is 11.3 Å². The Kier molecular flexibility index (Phi) is 11.4. The number of urea groups is 1. The summed E-state index contributed by atoms with van der Waals surface area (Å²) in [6, 6.07) is 10.8. The molecule has 0 aliphatic carbocycles. The molecule has 1 unspecified atom stereocenters. The molecule has 0 saturated carbocycles. The maximum atomic E-state index is 13.5. The van der Waals surface area contributed by atoms with Crippen molar-refractivity contribution in [2.24, 2.45) is 0 Å². The summed E-state index contributed by atoms with van der Waals surface area (Å²) in [6.07, 6.45) is 3.06. The van der Waals surface area contributed by atoms with Crippen LogP contribution in [0.25, 0.3) is 0 Å². The molecule has 0 radical (unpaired) electrons. The van der Waals surface area contributed by atoms with Gasteiger partial charge in [-0.2, -0.15) is 0 Å². The maximum Gasteiger partial charge on any atom is 0.324 e. The molecule has 1 aliphatic heterocycles. The molecule has 1 fully saturated rings. The van der Waals surface area contributed by atoms with Crippen molar-refractivity contribution in [2.45, 2.75) is 45.3 Å². The van der Waals surface area contributed by atoms with E-state index >= 15 is 0 Å². The van der Waals surface area contributed by atoms with Crippen molar-refractivity contribution < 1.29 is 28.9 Å². The number of carbonyl (C=O) groups is 2. The summed E-state index contributed by atoms with van der Waals surface area (Å²) >= 11 is 5.49. The number of halogens is 1. The molecule has 9 nitrogen and oxygen atoms in total. The Labute approximate surface area is 229 Å². The van der Waals surface area contributed by atoms with Crippen LogP contribution in [0.2, 0.25) is 0 Å². The van der Waals surface area contributed by atoms with Crippen molar-refractivity contribution in [1.82, 2.24) is 10.2 Å². The van der Waals surface area contributed by atoms with Gasteiger partial charge in [0.2, 0.25) is 5.91 Å². The highest BCUT2D eigenvalue weighted by atomic mass is 35.5. The summed E-state index contributed by atoms with van der Waals surface area (Å²) in [5, 5.41) is 13.0. The Hall–Kier alpha value is -3.17. The molecular weight excluding hydrogens is 510 g/mol. The Morgan fingerprint density at radius 3 is 2.58 bits per heavy atom. The standard InChI is InChI=1S/C28H38ClN3O6/c1-4-5-6-14-38-26-16-22(10-11-24(26)36-2)32-13-7-12-31(28(32)35)19-21-9-8-20(15-25(21)37-3)23(33)18-30-27(34)17-29/h8-11,15-16,23,33H,4-7,12-14,17-19H2,1-3H3,(H,30,34). The van der Waals surface area contributed by atoms with Crippen LogP contribution in [0.4, 0.5) is 10.5 Å². The first-order valence-electron chi connectivity index (χ1n) is 13.0. The van der Waals surface area contributed by atoms with Crippen LogP contribution in [0.1, 0.15) is 49.8 Å². The van der Waals surface area contributed by atoms with Crippen LogP contribution in [0.15, 0.2) is 36.4 Å². The minimum absolute atomic E-state index is 0.0415. The number of hydrogen-bond acceptors (Lipinski definition) is 6. The minimum atomic E-state index is -0.911. The Bertz CT molecular complexity index is 1080. The third-order valence-electron chi connectivity index (χ3n) is 6.45. The van der Waals surface area contributed by atoms with Gasteiger partial charge in [0.05, 0.1) is 33.5 Å². The largest absolute Gasteiger partial charge is 0.496 e. The quantitative estimate of drug-likeness (QED) is 0.267. The van der Waals surface area contributed by atoms with Crippen molar-refractivity contribution in [2.75, 3.05) is 51.2 Å². The number of nitrogens with zero attached hydrogens (tertiary/aromatic N) is 2. The maximum absolute atomic E-state index is 13.5. The molecule has 0 bridgehead atoms. The zero-order valence-electron chi connectivity index (χ0n) is 22.4. The average molecular weight is 548 g/mol. The lowest BCUT2D eigenvalue weighted by Crippen LogP contribution is -2.49. The molecule has 1 aliphatic rings. The summed E-state index contributed by atoms with van der Waals surface area (Å²) in [5.74, 6) is 1.31. The second kappa shape index (κ2) is 14.7. The number of ether oxygens (including phenoxy) is 3. The van der Waals surface area contributed by atoms with E-state index in [2.05, 4.69) is 12.2 Å². The van der Waals surface area contributed by atoms with Crippen molar-refractivity contribution in [3.05, 3.63) is 47.5 Å². The van der Waals surface area contributed by atoms with Gasteiger partial charge >= 0.3 is 6.03 Å². The van der Waals surface area contributed by atoms with E-state index in [9.17, 15) is 14.7 Å². The molecule has 0 spiro atoms. The molecule has 208 valence electrons. The Balaban J connectivity index is 1.72. The van der Waals surface area contributed by atoms with E-state index in [1.54, 1.807) is 36.2 Å². The molecule has 1 atom stereocenters. The number of nitrogens with one attached hydrogen (secondary N) is 1. The lowest BCUT2D eigenvalue weighted by Gasteiger charge is -2.36. The zero-order chi connectivity index (χ0) is 27.5. The van der Waals surface area contributed by atoms with Crippen molar-refractivity contribution in [1.29, 1.82) is 0 Å².